The average molecular weight is 314 g/mol. The zero-order chi connectivity index (χ0) is 13.3. The number of rotatable bonds is 2. The Labute approximate surface area is 117 Å². The van der Waals surface area contributed by atoms with E-state index in [0.29, 0.717) is 23.8 Å². The van der Waals surface area contributed by atoms with Crippen LogP contribution in [0.2, 0.25) is 0 Å². The maximum atomic E-state index is 5.24. The Kier molecular flexibility index (Phi) is 4.10. The Morgan fingerprint density at radius 3 is 2.78 bits per heavy atom. The normalized spacial score (nSPS) is 28.3. The lowest BCUT2D eigenvalue weighted by molar-refractivity contribution is 0.292. The monoisotopic (exact) mass is 313 g/mol. The molecule has 0 saturated carbocycles. The zero-order valence-corrected chi connectivity index (χ0v) is 12.9. The molecule has 1 aromatic heterocycles. The van der Waals surface area contributed by atoms with Crippen molar-refractivity contribution in [1.82, 2.24) is 9.97 Å². The first-order valence-corrected chi connectivity index (χ1v) is 7.15. The molecule has 3 unspecified atom stereocenters. The fourth-order valence-corrected chi connectivity index (χ4v) is 2.96. The molecule has 0 spiro atoms. The Bertz CT molecular complexity index is 427. The maximum Gasteiger partial charge on any atom is 0.232 e. The number of ether oxygens (including phenoxy) is 1. The van der Waals surface area contributed by atoms with Gasteiger partial charge in [-0.25, -0.2) is 4.98 Å². The largest absolute Gasteiger partial charge is 0.480 e. The van der Waals surface area contributed by atoms with E-state index in [1.807, 2.05) is 0 Å². The first-order valence-electron chi connectivity index (χ1n) is 6.36. The van der Waals surface area contributed by atoms with Crippen molar-refractivity contribution in [1.29, 1.82) is 0 Å². The smallest absolute Gasteiger partial charge is 0.232 e. The average Bonchev–Trinajstić information content (AvgIpc) is 2.34. The van der Waals surface area contributed by atoms with E-state index in [2.05, 4.69) is 51.6 Å². The molecule has 0 aromatic carbocycles. The molecule has 0 bridgehead atoms. The highest BCUT2D eigenvalue weighted by atomic mass is 79.9. The first kappa shape index (κ1) is 13.6. The van der Waals surface area contributed by atoms with E-state index in [1.54, 1.807) is 13.3 Å². The second kappa shape index (κ2) is 5.43. The van der Waals surface area contributed by atoms with Crippen LogP contribution in [0.1, 0.15) is 27.2 Å². The van der Waals surface area contributed by atoms with Crippen LogP contribution in [0.5, 0.6) is 5.88 Å². The van der Waals surface area contributed by atoms with E-state index >= 15 is 0 Å². The molecule has 1 aliphatic rings. The number of piperidine rings is 1. The predicted octanol–water partition coefficient (Wildman–Crippen LogP) is 3.12. The summed E-state index contributed by atoms with van der Waals surface area (Å²) in [6, 6.07) is 0.465. The molecule has 1 aromatic rings. The standard InChI is InChI=1S/C13H20BrN3O/c1-8-5-9(2)10(3)17(7-8)13-15-6-11(14)12(16-13)18-4/h6,8-10H,5,7H2,1-4H3. The van der Waals surface area contributed by atoms with Gasteiger partial charge in [-0.05, 0) is 41.1 Å². The number of anilines is 1. The molecule has 1 fully saturated rings. The first-order chi connectivity index (χ1) is 8.52. The van der Waals surface area contributed by atoms with Crippen molar-refractivity contribution in [3.63, 3.8) is 0 Å². The van der Waals surface area contributed by atoms with E-state index in [-0.39, 0.29) is 0 Å². The van der Waals surface area contributed by atoms with E-state index in [4.69, 9.17) is 4.74 Å². The van der Waals surface area contributed by atoms with Gasteiger partial charge in [-0.2, -0.15) is 4.98 Å². The maximum absolute atomic E-state index is 5.24. The van der Waals surface area contributed by atoms with Crippen LogP contribution in [0.4, 0.5) is 5.95 Å². The van der Waals surface area contributed by atoms with Crippen LogP contribution in [0.15, 0.2) is 10.7 Å². The van der Waals surface area contributed by atoms with Crippen molar-refractivity contribution in [3.8, 4) is 5.88 Å². The predicted molar refractivity (Wildman–Crippen MR) is 76.0 cm³/mol. The Morgan fingerprint density at radius 2 is 2.11 bits per heavy atom. The van der Waals surface area contributed by atoms with Crippen molar-refractivity contribution in [2.24, 2.45) is 11.8 Å². The van der Waals surface area contributed by atoms with Crippen LogP contribution in [-0.2, 0) is 0 Å². The van der Waals surface area contributed by atoms with Gasteiger partial charge in [-0.3, -0.25) is 0 Å². The third-order valence-electron chi connectivity index (χ3n) is 3.75. The van der Waals surface area contributed by atoms with E-state index in [1.165, 1.54) is 6.42 Å². The van der Waals surface area contributed by atoms with Crippen molar-refractivity contribution in [3.05, 3.63) is 10.7 Å². The van der Waals surface area contributed by atoms with Crippen LogP contribution in [0.3, 0.4) is 0 Å². The summed E-state index contributed by atoms with van der Waals surface area (Å²) in [6.45, 7) is 7.83. The summed E-state index contributed by atoms with van der Waals surface area (Å²) in [7, 11) is 1.63. The van der Waals surface area contributed by atoms with Crippen molar-refractivity contribution in [2.75, 3.05) is 18.6 Å². The minimum atomic E-state index is 0.465. The van der Waals surface area contributed by atoms with Crippen molar-refractivity contribution in [2.45, 2.75) is 33.2 Å². The molecular formula is C13H20BrN3O. The highest BCUT2D eigenvalue weighted by Gasteiger charge is 2.30. The summed E-state index contributed by atoms with van der Waals surface area (Å²) < 4.78 is 6.03. The minimum absolute atomic E-state index is 0.465. The molecule has 2 heterocycles. The van der Waals surface area contributed by atoms with Gasteiger partial charge < -0.3 is 9.64 Å². The molecular weight excluding hydrogens is 294 g/mol. The minimum Gasteiger partial charge on any atom is -0.480 e. The van der Waals surface area contributed by atoms with Gasteiger partial charge in [-0.15, -0.1) is 0 Å². The molecule has 1 aliphatic heterocycles. The SMILES string of the molecule is COc1nc(N2CC(C)CC(C)C2C)ncc1Br. The lowest BCUT2D eigenvalue weighted by Crippen LogP contribution is -2.46. The number of hydrogen-bond donors (Lipinski definition) is 0. The molecule has 0 radical (unpaired) electrons. The molecule has 4 nitrogen and oxygen atoms in total. The molecule has 0 N–H and O–H groups in total. The van der Waals surface area contributed by atoms with Crippen LogP contribution >= 0.6 is 15.9 Å². The second-order valence-electron chi connectivity index (χ2n) is 5.24. The summed E-state index contributed by atoms with van der Waals surface area (Å²) in [5.74, 6) is 2.69. The van der Waals surface area contributed by atoms with Gasteiger partial charge in [0.1, 0.15) is 0 Å². The van der Waals surface area contributed by atoms with Gasteiger partial charge >= 0.3 is 0 Å². The van der Waals surface area contributed by atoms with Crippen LogP contribution in [-0.4, -0.2) is 29.7 Å². The lowest BCUT2D eigenvalue weighted by Gasteiger charge is -2.41. The number of aromatic nitrogens is 2. The summed E-state index contributed by atoms with van der Waals surface area (Å²) in [5, 5.41) is 0. The molecule has 3 atom stereocenters. The van der Waals surface area contributed by atoms with Crippen LogP contribution in [0.25, 0.3) is 0 Å². The Morgan fingerprint density at radius 1 is 1.39 bits per heavy atom. The Hall–Kier alpha value is -0.840. The highest BCUT2D eigenvalue weighted by molar-refractivity contribution is 9.10. The topological polar surface area (TPSA) is 38.2 Å². The van der Waals surface area contributed by atoms with E-state index in [9.17, 15) is 0 Å². The zero-order valence-electron chi connectivity index (χ0n) is 11.4. The van der Waals surface area contributed by atoms with Crippen molar-refractivity contribution < 1.29 is 4.74 Å². The second-order valence-corrected chi connectivity index (χ2v) is 6.09. The van der Waals surface area contributed by atoms with Gasteiger partial charge in [0.15, 0.2) is 0 Å². The molecule has 18 heavy (non-hydrogen) atoms. The van der Waals surface area contributed by atoms with Gasteiger partial charge in [0.05, 0.1) is 17.8 Å². The van der Waals surface area contributed by atoms with Gasteiger partial charge in [0.25, 0.3) is 0 Å². The third-order valence-corrected chi connectivity index (χ3v) is 4.29. The quantitative estimate of drug-likeness (QED) is 0.841. The van der Waals surface area contributed by atoms with E-state index in [0.717, 1.165) is 17.0 Å². The van der Waals surface area contributed by atoms with Gasteiger partial charge in [0, 0.05) is 12.6 Å². The number of halogens is 1. The fraction of sp³-hybridized carbons (Fsp3) is 0.692. The summed E-state index contributed by atoms with van der Waals surface area (Å²) in [5.41, 5.74) is 0. The molecule has 5 heteroatoms. The molecule has 1 saturated heterocycles. The van der Waals surface area contributed by atoms with Crippen LogP contribution in [0, 0.1) is 11.8 Å². The molecule has 0 amide bonds. The molecule has 0 aliphatic carbocycles. The fourth-order valence-electron chi connectivity index (χ4n) is 2.60. The summed E-state index contributed by atoms with van der Waals surface area (Å²) in [6.07, 6.45) is 3.03. The molecule has 2 rings (SSSR count). The summed E-state index contributed by atoms with van der Waals surface area (Å²) in [4.78, 5) is 11.2. The number of methoxy groups -OCH3 is 1. The van der Waals surface area contributed by atoms with Crippen LogP contribution < -0.4 is 9.64 Å². The third kappa shape index (κ3) is 2.60. The van der Waals surface area contributed by atoms with Gasteiger partial charge in [-0.1, -0.05) is 13.8 Å². The molecule has 100 valence electrons. The lowest BCUT2D eigenvalue weighted by atomic mass is 9.86. The Balaban J connectivity index is 2.29. The van der Waals surface area contributed by atoms with Crippen molar-refractivity contribution >= 4 is 21.9 Å². The van der Waals surface area contributed by atoms with E-state index < -0.39 is 0 Å². The summed E-state index contributed by atoms with van der Waals surface area (Å²) >= 11 is 3.38. The number of hydrogen-bond acceptors (Lipinski definition) is 4. The highest BCUT2D eigenvalue weighted by Crippen LogP contribution is 2.31. The number of nitrogens with zero attached hydrogens (tertiary/aromatic N) is 3. The van der Waals surface area contributed by atoms with Gasteiger partial charge in [0.2, 0.25) is 11.8 Å².